The van der Waals surface area contributed by atoms with Gasteiger partial charge in [-0.25, -0.2) is 9.67 Å². The molecule has 1 saturated heterocycles. The fraction of sp³-hybridized carbons (Fsp3) is 0.400. The van der Waals surface area contributed by atoms with Gasteiger partial charge in [0.2, 0.25) is 11.8 Å². The summed E-state index contributed by atoms with van der Waals surface area (Å²) in [5.74, 6) is 1.92. The Balaban J connectivity index is 1.30. The lowest BCUT2D eigenvalue weighted by atomic mass is 10.1. The maximum absolute atomic E-state index is 11.3. The van der Waals surface area contributed by atoms with Gasteiger partial charge in [-0.05, 0) is 48.9 Å². The molecular formula is C25H32N4O4Si. The first kappa shape index (κ1) is 24.0. The average molecular weight is 481 g/mol. The highest BCUT2D eigenvalue weighted by molar-refractivity contribution is 6.76. The average Bonchev–Trinajstić information content (AvgIpc) is 3.28. The first-order valence-electron chi connectivity index (χ1n) is 11.6. The van der Waals surface area contributed by atoms with Crippen molar-refractivity contribution >= 4 is 14.0 Å². The van der Waals surface area contributed by atoms with Crippen LogP contribution < -0.4 is 14.8 Å². The van der Waals surface area contributed by atoms with Crippen LogP contribution in [0.25, 0.3) is 11.3 Å². The SMILES string of the molecule is C[Si](C)(C)CCOCn1nccc1-c1ccc(Oc2ccc(O[C@@H]3CCC(=O)NC3)nc2)cc1. The zero-order valence-corrected chi connectivity index (χ0v) is 21.0. The van der Waals surface area contributed by atoms with Gasteiger partial charge >= 0.3 is 0 Å². The van der Waals surface area contributed by atoms with Crippen LogP contribution in [0.1, 0.15) is 12.8 Å². The summed E-state index contributed by atoms with van der Waals surface area (Å²) in [5, 5.41) is 7.21. The Morgan fingerprint density at radius 3 is 2.56 bits per heavy atom. The molecule has 180 valence electrons. The number of carbonyl (C=O) groups excluding carboxylic acids is 1. The highest BCUT2D eigenvalue weighted by Gasteiger charge is 2.19. The lowest BCUT2D eigenvalue weighted by molar-refractivity contribution is -0.123. The van der Waals surface area contributed by atoms with Crippen LogP contribution >= 0.6 is 0 Å². The summed E-state index contributed by atoms with van der Waals surface area (Å²) in [6.45, 7) is 8.74. The molecule has 1 N–H and O–H groups in total. The van der Waals surface area contributed by atoms with E-state index in [-0.39, 0.29) is 12.0 Å². The van der Waals surface area contributed by atoms with Crippen molar-refractivity contribution in [2.24, 2.45) is 0 Å². The monoisotopic (exact) mass is 480 g/mol. The number of carbonyl (C=O) groups is 1. The fourth-order valence-electron chi connectivity index (χ4n) is 3.52. The van der Waals surface area contributed by atoms with Gasteiger partial charge in [0.05, 0.1) is 18.4 Å². The minimum Gasteiger partial charge on any atom is -0.472 e. The lowest BCUT2D eigenvalue weighted by Crippen LogP contribution is -2.40. The molecule has 9 heteroatoms. The fourth-order valence-corrected chi connectivity index (χ4v) is 4.28. The van der Waals surface area contributed by atoms with Crippen LogP contribution in [0.3, 0.4) is 0 Å². The van der Waals surface area contributed by atoms with E-state index in [2.05, 4.69) is 35.0 Å². The van der Waals surface area contributed by atoms with Crippen molar-refractivity contribution in [2.45, 2.75) is 51.4 Å². The normalized spacial score (nSPS) is 16.2. The second-order valence-electron chi connectivity index (χ2n) is 9.61. The van der Waals surface area contributed by atoms with Gasteiger partial charge in [0.1, 0.15) is 24.3 Å². The van der Waals surface area contributed by atoms with E-state index in [4.69, 9.17) is 14.2 Å². The van der Waals surface area contributed by atoms with E-state index in [0.717, 1.165) is 23.9 Å². The van der Waals surface area contributed by atoms with E-state index < -0.39 is 8.07 Å². The Bertz CT molecular complexity index is 1070. The number of amides is 1. The number of aromatic nitrogens is 3. The molecule has 34 heavy (non-hydrogen) atoms. The third kappa shape index (κ3) is 6.91. The van der Waals surface area contributed by atoms with Crippen LogP contribution in [0, 0.1) is 0 Å². The molecular weight excluding hydrogens is 448 g/mol. The molecule has 3 heterocycles. The predicted molar refractivity (Wildman–Crippen MR) is 133 cm³/mol. The predicted octanol–water partition coefficient (Wildman–Crippen LogP) is 4.71. The molecule has 1 aliphatic heterocycles. The number of hydrogen-bond acceptors (Lipinski definition) is 6. The second kappa shape index (κ2) is 10.8. The van der Waals surface area contributed by atoms with Gasteiger partial charge in [-0.15, -0.1) is 0 Å². The summed E-state index contributed by atoms with van der Waals surface area (Å²) in [6.07, 6.45) is 4.55. The van der Waals surface area contributed by atoms with E-state index in [1.807, 2.05) is 41.1 Å². The number of nitrogens with zero attached hydrogens (tertiary/aromatic N) is 3. The third-order valence-electron chi connectivity index (χ3n) is 5.53. The molecule has 4 rings (SSSR count). The number of pyridine rings is 1. The zero-order valence-electron chi connectivity index (χ0n) is 20.0. The summed E-state index contributed by atoms with van der Waals surface area (Å²) >= 11 is 0. The molecule has 1 fully saturated rings. The van der Waals surface area contributed by atoms with Crippen molar-refractivity contribution in [3.63, 3.8) is 0 Å². The van der Waals surface area contributed by atoms with Crippen LogP contribution in [-0.2, 0) is 16.3 Å². The summed E-state index contributed by atoms with van der Waals surface area (Å²) in [7, 11) is -1.11. The van der Waals surface area contributed by atoms with E-state index in [1.165, 1.54) is 0 Å². The van der Waals surface area contributed by atoms with Gasteiger partial charge in [-0.1, -0.05) is 19.6 Å². The van der Waals surface area contributed by atoms with Gasteiger partial charge in [0.25, 0.3) is 0 Å². The van der Waals surface area contributed by atoms with E-state index in [9.17, 15) is 4.79 Å². The maximum Gasteiger partial charge on any atom is 0.220 e. The van der Waals surface area contributed by atoms with Gasteiger partial charge < -0.3 is 19.5 Å². The first-order chi connectivity index (χ1) is 16.4. The summed E-state index contributed by atoms with van der Waals surface area (Å²) in [6, 6.07) is 14.6. The lowest BCUT2D eigenvalue weighted by Gasteiger charge is -2.22. The molecule has 0 radical (unpaired) electrons. The Hall–Kier alpha value is -3.17. The smallest absolute Gasteiger partial charge is 0.220 e. The Morgan fingerprint density at radius 1 is 1.09 bits per heavy atom. The molecule has 0 aliphatic carbocycles. The topological polar surface area (TPSA) is 87.5 Å². The molecule has 1 amide bonds. The second-order valence-corrected chi connectivity index (χ2v) is 15.2. The van der Waals surface area contributed by atoms with E-state index in [0.29, 0.717) is 43.5 Å². The number of benzene rings is 1. The van der Waals surface area contributed by atoms with Crippen molar-refractivity contribution in [1.29, 1.82) is 0 Å². The van der Waals surface area contributed by atoms with E-state index >= 15 is 0 Å². The molecule has 0 unspecified atom stereocenters. The van der Waals surface area contributed by atoms with Crippen LogP contribution in [0.5, 0.6) is 17.4 Å². The van der Waals surface area contributed by atoms with Crippen molar-refractivity contribution in [3.8, 4) is 28.6 Å². The molecule has 0 bridgehead atoms. The van der Waals surface area contributed by atoms with E-state index in [1.54, 1.807) is 18.5 Å². The van der Waals surface area contributed by atoms with Gasteiger partial charge in [-0.3, -0.25) is 4.79 Å². The minimum atomic E-state index is -1.11. The minimum absolute atomic E-state index is 0.0521. The van der Waals surface area contributed by atoms with Crippen molar-refractivity contribution < 1.29 is 19.0 Å². The number of hydrogen-bond donors (Lipinski definition) is 1. The van der Waals surface area contributed by atoms with Crippen molar-refractivity contribution in [1.82, 2.24) is 20.1 Å². The third-order valence-corrected chi connectivity index (χ3v) is 7.23. The van der Waals surface area contributed by atoms with Gasteiger partial charge in [0.15, 0.2) is 0 Å². The molecule has 3 aromatic rings. The molecule has 2 aromatic heterocycles. The number of nitrogens with one attached hydrogen (secondary N) is 1. The van der Waals surface area contributed by atoms with Crippen LogP contribution in [0.4, 0.5) is 0 Å². The maximum atomic E-state index is 11.3. The number of rotatable bonds is 10. The van der Waals surface area contributed by atoms with Crippen LogP contribution in [0.2, 0.25) is 25.7 Å². The highest BCUT2D eigenvalue weighted by Crippen LogP contribution is 2.26. The quantitative estimate of drug-likeness (QED) is 0.334. The molecule has 1 atom stereocenters. The largest absolute Gasteiger partial charge is 0.472 e. The summed E-state index contributed by atoms with van der Waals surface area (Å²) in [4.78, 5) is 15.6. The standard InChI is InChI=1S/C25H32N4O4Si/c1-34(2,3)15-14-31-18-29-23(12-13-28-29)19-4-6-20(7-5-19)32-21-9-11-25(27-17-21)33-22-8-10-24(30)26-16-22/h4-7,9,11-13,17,22H,8,10,14-16,18H2,1-3H3,(H,26,30)/t22-/m1/s1. The molecule has 0 saturated carbocycles. The molecule has 1 aromatic carbocycles. The summed E-state index contributed by atoms with van der Waals surface area (Å²) < 4.78 is 19.5. The van der Waals surface area contributed by atoms with Crippen LogP contribution in [-0.4, -0.2) is 48.0 Å². The Kier molecular flexibility index (Phi) is 7.64. The molecule has 8 nitrogen and oxygen atoms in total. The Morgan fingerprint density at radius 2 is 1.88 bits per heavy atom. The van der Waals surface area contributed by atoms with Crippen molar-refractivity contribution in [2.75, 3.05) is 13.2 Å². The molecule has 1 aliphatic rings. The first-order valence-corrected chi connectivity index (χ1v) is 15.3. The van der Waals surface area contributed by atoms with Crippen molar-refractivity contribution in [3.05, 3.63) is 54.9 Å². The van der Waals surface area contributed by atoms with Gasteiger partial charge in [-0.2, -0.15) is 5.10 Å². The number of ether oxygens (including phenoxy) is 3. The van der Waals surface area contributed by atoms with Gasteiger partial charge in [0, 0.05) is 38.9 Å². The Labute approximate surface area is 201 Å². The number of piperidine rings is 1. The summed E-state index contributed by atoms with van der Waals surface area (Å²) in [5.41, 5.74) is 2.04. The zero-order chi connectivity index (χ0) is 24.0. The highest BCUT2D eigenvalue weighted by atomic mass is 28.3. The molecule has 0 spiro atoms. The van der Waals surface area contributed by atoms with Crippen LogP contribution in [0.15, 0.2) is 54.9 Å².